The highest BCUT2D eigenvalue weighted by Gasteiger charge is 1.97. The predicted molar refractivity (Wildman–Crippen MR) is 61.3 cm³/mol. The molecule has 0 radical (unpaired) electrons. The van der Waals surface area contributed by atoms with Crippen LogP contribution in [0.25, 0.3) is 0 Å². The molecule has 4 heteroatoms. The van der Waals surface area contributed by atoms with Gasteiger partial charge in [-0.05, 0) is 25.2 Å². The first-order valence-electron chi connectivity index (χ1n) is 4.35. The largest absolute Gasteiger partial charge is 0.384 e. The third kappa shape index (κ3) is 3.36. The average Bonchev–Trinajstić information content (AvgIpc) is 2.17. The number of nitrogens with zero attached hydrogens (tertiary/aromatic N) is 1. The number of nitriles is 1. The van der Waals surface area contributed by atoms with Gasteiger partial charge >= 0.3 is 0 Å². The highest BCUT2D eigenvalue weighted by Crippen LogP contribution is 2.18. The summed E-state index contributed by atoms with van der Waals surface area (Å²) in [5, 5.41) is 15.0. The maximum atomic E-state index is 8.75. The molecule has 0 spiro atoms. The summed E-state index contributed by atoms with van der Waals surface area (Å²) in [6.07, 6.45) is 0. The predicted octanol–water partition coefficient (Wildman–Crippen LogP) is 1.95. The number of halogens is 1. The third-order valence-corrected chi connectivity index (χ3v) is 2.19. The van der Waals surface area contributed by atoms with Gasteiger partial charge < -0.3 is 10.6 Å². The quantitative estimate of drug-likeness (QED) is 0.807. The minimum Gasteiger partial charge on any atom is -0.384 e. The first kappa shape index (κ1) is 11.0. The fourth-order valence-electron chi connectivity index (χ4n) is 1.09. The molecule has 0 saturated heterocycles. The SMILES string of the molecule is CNCCNc1cc(Br)cc(C#N)c1. The number of rotatable bonds is 4. The first-order valence-corrected chi connectivity index (χ1v) is 5.14. The summed E-state index contributed by atoms with van der Waals surface area (Å²) in [4.78, 5) is 0. The number of anilines is 1. The van der Waals surface area contributed by atoms with E-state index in [-0.39, 0.29) is 0 Å². The molecule has 1 rings (SSSR count). The van der Waals surface area contributed by atoms with Crippen molar-refractivity contribution in [3.8, 4) is 6.07 Å². The van der Waals surface area contributed by atoms with Gasteiger partial charge in [-0.2, -0.15) is 5.26 Å². The van der Waals surface area contributed by atoms with E-state index in [4.69, 9.17) is 5.26 Å². The average molecular weight is 254 g/mol. The molecule has 0 unspecified atom stereocenters. The molecular formula is C10H12BrN3. The molecule has 0 bridgehead atoms. The summed E-state index contributed by atoms with van der Waals surface area (Å²) < 4.78 is 0.920. The number of benzene rings is 1. The van der Waals surface area contributed by atoms with Crippen LogP contribution in [-0.4, -0.2) is 20.1 Å². The van der Waals surface area contributed by atoms with Gasteiger partial charge in [0.15, 0.2) is 0 Å². The van der Waals surface area contributed by atoms with Gasteiger partial charge in [0.1, 0.15) is 0 Å². The van der Waals surface area contributed by atoms with E-state index in [1.54, 1.807) is 6.07 Å². The van der Waals surface area contributed by atoms with Gasteiger partial charge in [0.05, 0.1) is 11.6 Å². The lowest BCUT2D eigenvalue weighted by Crippen LogP contribution is -2.17. The molecule has 0 aliphatic carbocycles. The zero-order valence-electron chi connectivity index (χ0n) is 7.97. The van der Waals surface area contributed by atoms with E-state index in [0.29, 0.717) is 5.56 Å². The lowest BCUT2D eigenvalue weighted by molar-refractivity contribution is 0.824. The summed E-state index contributed by atoms with van der Waals surface area (Å²) in [5.41, 5.74) is 1.62. The Bertz CT molecular complexity index is 344. The van der Waals surface area contributed by atoms with Crippen molar-refractivity contribution >= 4 is 21.6 Å². The van der Waals surface area contributed by atoms with Crippen LogP contribution in [0.1, 0.15) is 5.56 Å². The van der Waals surface area contributed by atoms with Gasteiger partial charge in [-0.3, -0.25) is 0 Å². The number of hydrogen-bond acceptors (Lipinski definition) is 3. The minimum atomic E-state index is 0.659. The highest BCUT2D eigenvalue weighted by atomic mass is 79.9. The van der Waals surface area contributed by atoms with Gasteiger partial charge in [-0.15, -0.1) is 0 Å². The molecule has 0 fully saturated rings. The summed E-state index contributed by atoms with van der Waals surface area (Å²) in [6, 6.07) is 7.70. The van der Waals surface area contributed by atoms with Crippen LogP contribution in [0.5, 0.6) is 0 Å². The van der Waals surface area contributed by atoms with Crippen molar-refractivity contribution in [1.29, 1.82) is 5.26 Å². The van der Waals surface area contributed by atoms with E-state index in [1.807, 2.05) is 19.2 Å². The van der Waals surface area contributed by atoms with Crippen LogP contribution in [0.2, 0.25) is 0 Å². The van der Waals surface area contributed by atoms with Crippen molar-refractivity contribution in [3.05, 3.63) is 28.2 Å². The van der Waals surface area contributed by atoms with Crippen LogP contribution in [-0.2, 0) is 0 Å². The van der Waals surface area contributed by atoms with E-state index in [9.17, 15) is 0 Å². The smallest absolute Gasteiger partial charge is 0.0992 e. The van der Waals surface area contributed by atoms with Gasteiger partial charge in [0.2, 0.25) is 0 Å². The van der Waals surface area contributed by atoms with Gasteiger partial charge in [-0.1, -0.05) is 15.9 Å². The summed E-state index contributed by atoms with van der Waals surface area (Å²) in [6.45, 7) is 1.74. The Hall–Kier alpha value is -1.05. The Kier molecular flexibility index (Phi) is 4.44. The molecule has 0 heterocycles. The Morgan fingerprint density at radius 1 is 1.36 bits per heavy atom. The lowest BCUT2D eigenvalue weighted by Gasteiger charge is -2.06. The van der Waals surface area contributed by atoms with E-state index in [1.165, 1.54) is 0 Å². The fraction of sp³-hybridized carbons (Fsp3) is 0.300. The zero-order chi connectivity index (χ0) is 10.4. The summed E-state index contributed by atoms with van der Waals surface area (Å²) in [5.74, 6) is 0. The van der Waals surface area contributed by atoms with Crippen molar-refractivity contribution in [2.75, 3.05) is 25.5 Å². The van der Waals surface area contributed by atoms with Gasteiger partial charge in [0, 0.05) is 23.2 Å². The van der Waals surface area contributed by atoms with E-state index >= 15 is 0 Å². The molecule has 14 heavy (non-hydrogen) atoms. The maximum absolute atomic E-state index is 8.75. The molecule has 0 aliphatic rings. The van der Waals surface area contributed by atoms with Crippen molar-refractivity contribution in [2.24, 2.45) is 0 Å². The topological polar surface area (TPSA) is 47.8 Å². The van der Waals surface area contributed by atoms with Crippen molar-refractivity contribution in [3.63, 3.8) is 0 Å². The van der Waals surface area contributed by atoms with Crippen LogP contribution < -0.4 is 10.6 Å². The molecule has 1 aromatic carbocycles. The highest BCUT2D eigenvalue weighted by molar-refractivity contribution is 9.10. The van der Waals surface area contributed by atoms with Crippen molar-refractivity contribution < 1.29 is 0 Å². The number of hydrogen-bond donors (Lipinski definition) is 2. The monoisotopic (exact) mass is 253 g/mol. The van der Waals surface area contributed by atoms with Crippen LogP contribution in [0.4, 0.5) is 5.69 Å². The molecule has 3 nitrogen and oxygen atoms in total. The summed E-state index contributed by atoms with van der Waals surface area (Å²) >= 11 is 3.36. The molecular weight excluding hydrogens is 242 g/mol. The number of nitrogens with one attached hydrogen (secondary N) is 2. The third-order valence-electron chi connectivity index (χ3n) is 1.73. The molecule has 0 aliphatic heterocycles. The van der Waals surface area contributed by atoms with Crippen LogP contribution >= 0.6 is 15.9 Å². The molecule has 0 saturated carbocycles. The van der Waals surface area contributed by atoms with Gasteiger partial charge in [-0.25, -0.2) is 0 Å². The fourth-order valence-corrected chi connectivity index (χ4v) is 1.58. The molecule has 0 atom stereocenters. The first-order chi connectivity index (χ1) is 6.76. The van der Waals surface area contributed by atoms with E-state index < -0.39 is 0 Å². The number of likely N-dealkylation sites (N-methyl/N-ethyl adjacent to an activating group) is 1. The zero-order valence-corrected chi connectivity index (χ0v) is 9.56. The lowest BCUT2D eigenvalue weighted by atomic mass is 10.2. The Morgan fingerprint density at radius 3 is 2.79 bits per heavy atom. The van der Waals surface area contributed by atoms with Crippen LogP contribution in [0.15, 0.2) is 22.7 Å². The van der Waals surface area contributed by atoms with E-state index in [0.717, 1.165) is 23.2 Å². The molecule has 0 aromatic heterocycles. The Labute approximate surface area is 92.3 Å². The standard InChI is InChI=1S/C10H12BrN3/c1-13-2-3-14-10-5-8(7-12)4-9(11)6-10/h4-6,13-14H,2-3H2,1H3. The van der Waals surface area contributed by atoms with Crippen LogP contribution in [0, 0.1) is 11.3 Å². The van der Waals surface area contributed by atoms with E-state index in [2.05, 4.69) is 32.6 Å². The Balaban J connectivity index is 2.68. The maximum Gasteiger partial charge on any atom is 0.0992 e. The second kappa shape index (κ2) is 5.63. The van der Waals surface area contributed by atoms with Gasteiger partial charge in [0.25, 0.3) is 0 Å². The van der Waals surface area contributed by atoms with Crippen molar-refractivity contribution in [1.82, 2.24) is 5.32 Å². The second-order valence-corrected chi connectivity index (χ2v) is 3.79. The molecule has 74 valence electrons. The molecule has 1 aromatic rings. The second-order valence-electron chi connectivity index (χ2n) is 2.87. The Morgan fingerprint density at radius 2 is 2.14 bits per heavy atom. The van der Waals surface area contributed by atoms with Crippen molar-refractivity contribution in [2.45, 2.75) is 0 Å². The normalized spacial score (nSPS) is 9.50. The minimum absolute atomic E-state index is 0.659. The summed E-state index contributed by atoms with van der Waals surface area (Å²) in [7, 11) is 1.91. The molecule has 0 amide bonds. The molecule has 2 N–H and O–H groups in total. The van der Waals surface area contributed by atoms with Crippen LogP contribution in [0.3, 0.4) is 0 Å².